The molecule has 0 spiro atoms. The van der Waals surface area contributed by atoms with Crippen molar-refractivity contribution in [1.82, 2.24) is 15.6 Å². The molecule has 164 valence electrons. The van der Waals surface area contributed by atoms with E-state index in [9.17, 15) is 4.39 Å². The second kappa shape index (κ2) is 11.2. The largest absolute Gasteiger partial charge is 0.497 e. The Bertz CT molecular complexity index is 968. The lowest BCUT2D eigenvalue weighted by atomic mass is 9.98. The molecule has 1 aromatic heterocycles. The first-order valence-electron chi connectivity index (χ1n) is 10.4. The standard InChI is InChI=1S/C24H29FN4O2/c1-17(18-6-10-22(30-3)11-7-18)12-14-27-24(26-2)28-15-13-21-16-31-23(29-21)19-4-8-20(25)9-5-19/h4-11,16-17H,12-15H2,1-3H3,(H2,26,27,28). The highest BCUT2D eigenvalue weighted by atomic mass is 19.1. The number of methoxy groups -OCH3 is 1. The Labute approximate surface area is 182 Å². The Morgan fingerprint density at radius 3 is 2.48 bits per heavy atom. The molecule has 0 fully saturated rings. The second-order valence-electron chi connectivity index (χ2n) is 7.29. The maximum absolute atomic E-state index is 13.0. The van der Waals surface area contributed by atoms with Crippen LogP contribution in [0.25, 0.3) is 11.5 Å². The van der Waals surface area contributed by atoms with Gasteiger partial charge in [0.05, 0.1) is 12.8 Å². The minimum absolute atomic E-state index is 0.281. The summed E-state index contributed by atoms with van der Waals surface area (Å²) >= 11 is 0. The molecule has 0 aliphatic rings. The highest BCUT2D eigenvalue weighted by molar-refractivity contribution is 5.79. The third-order valence-corrected chi connectivity index (χ3v) is 5.09. The van der Waals surface area contributed by atoms with Gasteiger partial charge in [-0.25, -0.2) is 9.37 Å². The third-order valence-electron chi connectivity index (χ3n) is 5.09. The first-order valence-corrected chi connectivity index (χ1v) is 10.4. The molecule has 2 aromatic carbocycles. The molecular formula is C24H29FN4O2. The van der Waals surface area contributed by atoms with Gasteiger partial charge >= 0.3 is 0 Å². The van der Waals surface area contributed by atoms with E-state index in [1.165, 1.54) is 17.7 Å². The number of hydrogen-bond acceptors (Lipinski definition) is 4. The molecular weight excluding hydrogens is 395 g/mol. The van der Waals surface area contributed by atoms with Crippen LogP contribution in [0.2, 0.25) is 0 Å². The number of nitrogens with one attached hydrogen (secondary N) is 2. The van der Waals surface area contributed by atoms with E-state index in [4.69, 9.17) is 9.15 Å². The van der Waals surface area contributed by atoms with E-state index in [0.29, 0.717) is 24.8 Å². The van der Waals surface area contributed by atoms with Crippen LogP contribution >= 0.6 is 0 Å². The SMILES string of the molecule is CN=C(NCCc1coc(-c2ccc(F)cc2)n1)NCCC(C)c1ccc(OC)cc1. The van der Waals surface area contributed by atoms with Crippen molar-refractivity contribution >= 4 is 5.96 Å². The summed E-state index contributed by atoms with van der Waals surface area (Å²) in [5, 5.41) is 6.64. The summed E-state index contributed by atoms with van der Waals surface area (Å²) < 4.78 is 23.8. The van der Waals surface area contributed by atoms with Crippen molar-refractivity contribution in [2.24, 2.45) is 4.99 Å². The molecule has 0 saturated carbocycles. The Morgan fingerprint density at radius 1 is 1.10 bits per heavy atom. The topological polar surface area (TPSA) is 71.7 Å². The van der Waals surface area contributed by atoms with Crippen LogP contribution in [0.4, 0.5) is 4.39 Å². The number of halogens is 1. The molecule has 0 radical (unpaired) electrons. The fraction of sp³-hybridized carbons (Fsp3) is 0.333. The average Bonchev–Trinajstić information content (AvgIpc) is 3.27. The zero-order valence-electron chi connectivity index (χ0n) is 18.2. The molecule has 0 amide bonds. The zero-order chi connectivity index (χ0) is 22.1. The summed E-state index contributed by atoms with van der Waals surface area (Å²) in [6.07, 6.45) is 3.30. The van der Waals surface area contributed by atoms with E-state index < -0.39 is 0 Å². The number of aliphatic imine (C=N–C) groups is 1. The van der Waals surface area contributed by atoms with Gasteiger partial charge in [0.1, 0.15) is 17.8 Å². The first-order chi connectivity index (χ1) is 15.1. The van der Waals surface area contributed by atoms with E-state index >= 15 is 0 Å². The minimum atomic E-state index is -0.281. The van der Waals surface area contributed by atoms with Gasteiger partial charge in [0.15, 0.2) is 5.96 Å². The van der Waals surface area contributed by atoms with Crippen LogP contribution in [0.1, 0.15) is 30.5 Å². The van der Waals surface area contributed by atoms with Gasteiger partial charge in [-0.15, -0.1) is 0 Å². The summed E-state index contributed by atoms with van der Waals surface area (Å²) in [5.41, 5.74) is 2.87. The quantitative estimate of drug-likeness (QED) is 0.394. The molecule has 7 heteroatoms. The van der Waals surface area contributed by atoms with Gasteiger partial charge in [-0.3, -0.25) is 4.99 Å². The Morgan fingerprint density at radius 2 is 1.81 bits per heavy atom. The van der Waals surface area contributed by atoms with Crippen molar-refractivity contribution in [2.75, 3.05) is 27.2 Å². The Balaban J connectivity index is 1.40. The number of aromatic nitrogens is 1. The fourth-order valence-corrected chi connectivity index (χ4v) is 3.18. The number of rotatable bonds is 9. The van der Waals surface area contributed by atoms with Crippen molar-refractivity contribution in [3.63, 3.8) is 0 Å². The Kier molecular flexibility index (Phi) is 8.04. The molecule has 1 unspecified atom stereocenters. The fourth-order valence-electron chi connectivity index (χ4n) is 3.18. The molecule has 1 atom stereocenters. The lowest BCUT2D eigenvalue weighted by Crippen LogP contribution is -2.39. The van der Waals surface area contributed by atoms with Crippen LogP contribution < -0.4 is 15.4 Å². The summed E-state index contributed by atoms with van der Waals surface area (Å²) in [4.78, 5) is 8.74. The van der Waals surface area contributed by atoms with Crippen LogP contribution in [0.5, 0.6) is 5.75 Å². The molecule has 3 aromatic rings. The Hall–Kier alpha value is -3.35. The molecule has 31 heavy (non-hydrogen) atoms. The second-order valence-corrected chi connectivity index (χ2v) is 7.29. The number of hydrogen-bond donors (Lipinski definition) is 2. The molecule has 0 aliphatic carbocycles. The van der Waals surface area contributed by atoms with E-state index in [2.05, 4.69) is 39.7 Å². The van der Waals surface area contributed by atoms with Gasteiger partial charge in [-0.1, -0.05) is 19.1 Å². The third kappa shape index (κ3) is 6.57. The van der Waals surface area contributed by atoms with Gasteiger partial charge in [0.25, 0.3) is 0 Å². The van der Waals surface area contributed by atoms with Crippen LogP contribution in [0.3, 0.4) is 0 Å². The van der Waals surface area contributed by atoms with Crippen molar-refractivity contribution in [2.45, 2.75) is 25.7 Å². The summed E-state index contributed by atoms with van der Waals surface area (Å²) in [5.74, 6) is 2.26. The molecule has 0 saturated heterocycles. The van der Waals surface area contributed by atoms with Crippen molar-refractivity contribution in [3.8, 4) is 17.2 Å². The van der Waals surface area contributed by atoms with Gasteiger partial charge < -0.3 is 19.8 Å². The van der Waals surface area contributed by atoms with E-state index in [0.717, 1.165) is 35.9 Å². The molecule has 0 aliphatic heterocycles. The lowest BCUT2D eigenvalue weighted by Gasteiger charge is -2.15. The van der Waals surface area contributed by atoms with Crippen LogP contribution in [-0.4, -0.2) is 38.2 Å². The summed E-state index contributed by atoms with van der Waals surface area (Å²) in [6, 6.07) is 14.3. The van der Waals surface area contributed by atoms with E-state index in [-0.39, 0.29) is 5.82 Å². The monoisotopic (exact) mass is 424 g/mol. The minimum Gasteiger partial charge on any atom is -0.497 e. The normalized spacial score (nSPS) is 12.5. The molecule has 1 heterocycles. The van der Waals surface area contributed by atoms with E-state index in [1.807, 2.05) is 12.1 Å². The highest BCUT2D eigenvalue weighted by Gasteiger charge is 2.08. The van der Waals surface area contributed by atoms with Crippen LogP contribution in [0.15, 0.2) is 64.2 Å². The number of oxazole rings is 1. The van der Waals surface area contributed by atoms with Crippen molar-refractivity contribution in [1.29, 1.82) is 0 Å². The van der Waals surface area contributed by atoms with Crippen LogP contribution in [-0.2, 0) is 6.42 Å². The predicted octanol–water partition coefficient (Wildman–Crippen LogP) is 4.39. The summed E-state index contributed by atoms with van der Waals surface area (Å²) in [7, 11) is 3.43. The number of nitrogens with zero attached hydrogens (tertiary/aromatic N) is 2. The molecule has 0 bridgehead atoms. The van der Waals surface area contributed by atoms with E-state index in [1.54, 1.807) is 32.6 Å². The smallest absolute Gasteiger partial charge is 0.226 e. The van der Waals surface area contributed by atoms with Gasteiger partial charge in [0.2, 0.25) is 5.89 Å². The molecule has 3 rings (SSSR count). The maximum Gasteiger partial charge on any atom is 0.226 e. The van der Waals surface area contributed by atoms with Gasteiger partial charge in [-0.2, -0.15) is 0 Å². The van der Waals surface area contributed by atoms with Crippen molar-refractivity contribution < 1.29 is 13.5 Å². The maximum atomic E-state index is 13.0. The van der Waals surface area contributed by atoms with Crippen molar-refractivity contribution in [3.05, 3.63) is 71.9 Å². The predicted molar refractivity (Wildman–Crippen MR) is 121 cm³/mol. The van der Waals surface area contributed by atoms with Gasteiger partial charge in [0, 0.05) is 32.1 Å². The lowest BCUT2D eigenvalue weighted by molar-refractivity contribution is 0.414. The van der Waals surface area contributed by atoms with Crippen LogP contribution in [0, 0.1) is 5.82 Å². The first kappa shape index (κ1) is 22.3. The molecule has 6 nitrogen and oxygen atoms in total. The summed E-state index contributed by atoms with van der Waals surface area (Å²) in [6.45, 7) is 3.69. The highest BCUT2D eigenvalue weighted by Crippen LogP contribution is 2.21. The number of guanidine groups is 1. The average molecular weight is 425 g/mol. The van der Waals surface area contributed by atoms with Gasteiger partial charge in [-0.05, 0) is 54.3 Å². The zero-order valence-corrected chi connectivity index (χ0v) is 18.2. The number of ether oxygens (including phenoxy) is 1. The molecule has 2 N–H and O–H groups in total. The number of benzene rings is 2.